The van der Waals surface area contributed by atoms with Gasteiger partial charge in [0.1, 0.15) is 5.84 Å². The van der Waals surface area contributed by atoms with E-state index in [9.17, 15) is 0 Å². The molecule has 0 aliphatic rings. The highest BCUT2D eigenvalue weighted by Crippen LogP contribution is 2.18. The molecular weight excluding hydrogens is 184 g/mol. The van der Waals surface area contributed by atoms with Gasteiger partial charge in [0.15, 0.2) is 0 Å². The maximum Gasteiger partial charge on any atom is 0.123 e. The Labute approximate surface area is 88.9 Å². The van der Waals surface area contributed by atoms with Crippen LogP contribution in [0.15, 0.2) is 48.5 Å². The van der Waals surface area contributed by atoms with Crippen molar-refractivity contribution in [2.75, 3.05) is 0 Å². The molecule has 15 heavy (non-hydrogen) atoms. The highest BCUT2D eigenvalue weighted by molar-refractivity contribution is 5.95. The van der Waals surface area contributed by atoms with Crippen LogP contribution in [0.5, 0.6) is 0 Å². The van der Waals surface area contributed by atoms with Crippen LogP contribution in [0.3, 0.4) is 0 Å². The van der Waals surface area contributed by atoms with Crippen molar-refractivity contribution in [1.29, 1.82) is 5.41 Å². The highest BCUT2D eigenvalue weighted by atomic mass is 14.7. The van der Waals surface area contributed by atoms with Crippen molar-refractivity contribution < 1.29 is 0 Å². The summed E-state index contributed by atoms with van der Waals surface area (Å²) in [5.41, 5.74) is 8.09. The standard InChI is InChI=1S/C13H11N2/c14-13(15)12-8-4-7-11(9-12)10-5-2-1-3-6-10/h1-8H,(H3,14,15). The molecule has 0 fully saturated rings. The summed E-state index contributed by atoms with van der Waals surface area (Å²) in [5.74, 6) is 0.0489. The van der Waals surface area contributed by atoms with Crippen LogP contribution < -0.4 is 5.73 Å². The summed E-state index contributed by atoms with van der Waals surface area (Å²) in [6.07, 6.45) is 0. The lowest BCUT2D eigenvalue weighted by atomic mass is 10.0. The molecule has 2 rings (SSSR count). The Hall–Kier alpha value is -2.09. The third kappa shape index (κ3) is 2.05. The molecule has 0 aliphatic heterocycles. The van der Waals surface area contributed by atoms with Gasteiger partial charge in [0.25, 0.3) is 0 Å². The second-order valence-electron chi connectivity index (χ2n) is 3.26. The van der Waals surface area contributed by atoms with E-state index < -0.39 is 0 Å². The van der Waals surface area contributed by atoms with Crippen LogP contribution in [0.4, 0.5) is 0 Å². The van der Waals surface area contributed by atoms with Gasteiger partial charge in [-0.25, -0.2) is 0 Å². The second-order valence-corrected chi connectivity index (χ2v) is 3.26. The third-order valence-electron chi connectivity index (χ3n) is 2.17. The average Bonchev–Trinajstić information content (AvgIpc) is 2.30. The summed E-state index contributed by atoms with van der Waals surface area (Å²) in [6, 6.07) is 18.7. The maximum absolute atomic E-state index is 7.34. The smallest absolute Gasteiger partial charge is 0.123 e. The van der Waals surface area contributed by atoms with Gasteiger partial charge in [0.05, 0.1) is 0 Å². The van der Waals surface area contributed by atoms with E-state index in [-0.39, 0.29) is 5.84 Å². The van der Waals surface area contributed by atoms with Crippen molar-refractivity contribution in [1.82, 2.24) is 0 Å². The maximum atomic E-state index is 7.34. The van der Waals surface area contributed by atoms with Crippen molar-refractivity contribution in [2.24, 2.45) is 5.73 Å². The van der Waals surface area contributed by atoms with Gasteiger partial charge in [-0.2, -0.15) is 0 Å². The minimum Gasteiger partial charge on any atom is -0.384 e. The Morgan fingerprint density at radius 2 is 1.73 bits per heavy atom. The first-order chi connectivity index (χ1) is 7.27. The summed E-state index contributed by atoms with van der Waals surface area (Å²) in [6.45, 7) is 0. The van der Waals surface area contributed by atoms with E-state index >= 15 is 0 Å². The SMILES string of the molecule is N=C(N)c1[c]c(-c2ccccc2)ccc1. The largest absolute Gasteiger partial charge is 0.384 e. The number of benzene rings is 2. The zero-order chi connectivity index (χ0) is 10.7. The van der Waals surface area contributed by atoms with Crippen LogP contribution in [-0.4, -0.2) is 5.84 Å². The fourth-order valence-corrected chi connectivity index (χ4v) is 1.41. The molecule has 0 saturated carbocycles. The molecule has 0 bridgehead atoms. The molecule has 0 atom stereocenters. The van der Waals surface area contributed by atoms with Crippen LogP contribution in [0.2, 0.25) is 0 Å². The minimum absolute atomic E-state index is 0.0489. The Kier molecular flexibility index (Phi) is 2.50. The van der Waals surface area contributed by atoms with Gasteiger partial charge >= 0.3 is 0 Å². The second kappa shape index (κ2) is 3.96. The zero-order valence-corrected chi connectivity index (χ0v) is 8.20. The average molecular weight is 195 g/mol. The van der Waals surface area contributed by atoms with E-state index in [1.165, 1.54) is 0 Å². The topological polar surface area (TPSA) is 49.9 Å². The number of nitrogens with two attached hydrogens (primary N) is 1. The Balaban J connectivity index is 2.46. The Morgan fingerprint density at radius 3 is 2.40 bits per heavy atom. The van der Waals surface area contributed by atoms with E-state index in [2.05, 4.69) is 6.07 Å². The lowest BCUT2D eigenvalue weighted by Crippen LogP contribution is -2.10. The minimum atomic E-state index is 0.0489. The highest BCUT2D eigenvalue weighted by Gasteiger charge is 2.00. The van der Waals surface area contributed by atoms with Crippen molar-refractivity contribution >= 4 is 5.84 Å². The van der Waals surface area contributed by atoms with Crippen molar-refractivity contribution in [3.8, 4) is 11.1 Å². The molecule has 2 aromatic rings. The fourth-order valence-electron chi connectivity index (χ4n) is 1.41. The van der Waals surface area contributed by atoms with Crippen molar-refractivity contribution in [3.05, 3.63) is 60.2 Å². The zero-order valence-electron chi connectivity index (χ0n) is 8.20. The summed E-state index contributed by atoms with van der Waals surface area (Å²) in [4.78, 5) is 0. The molecular formula is C13H11N2. The molecule has 0 spiro atoms. The van der Waals surface area contributed by atoms with Gasteiger partial charge in [-0.1, -0.05) is 48.5 Å². The van der Waals surface area contributed by atoms with Crippen molar-refractivity contribution in [3.63, 3.8) is 0 Å². The normalized spacial score (nSPS) is 9.87. The number of hydrogen-bond acceptors (Lipinski definition) is 1. The predicted molar refractivity (Wildman–Crippen MR) is 61.7 cm³/mol. The predicted octanol–water partition coefficient (Wildman–Crippen LogP) is 2.44. The first kappa shape index (κ1) is 9.46. The molecule has 0 saturated heterocycles. The first-order valence-corrected chi connectivity index (χ1v) is 4.69. The molecule has 0 aliphatic carbocycles. The summed E-state index contributed by atoms with van der Waals surface area (Å²) in [7, 11) is 0. The number of nitrogens with one attached hydrogen (secondary N) is 1. The molecule has 0 unspecified atom stereocenters. The number of amidine groups is 1. The van der Waals surface area contributed by atoms with Gasteiger partial charge < -0.3 is 5.73 Å². The van der Waals surface area contributed by atoms with Gasteiger partial charge in [-0.3, -0.25) is 5.41 Å². The van der Waals surface area contributed by atoms with Crippen molar-refractivity contribution in [2.45, 2.75) is 0 Å². The van der Waals surface area contributed by atoms with E-state index in [1.807, 2.05) is 42.5 Å². The third-order valence-corrected chi connectivity index (χ3v) is 2.17. The van der Waals surface area contributed by atoms with Gasteiger partial charge in [-0.05, 0) is 11.1 Å². The first-order valence-electron chi connectivity index (χ1n) is 4.69. The van der Waals surface area contributed by atoms with Crippen LogP contribution >= 0.6 is 0 Å². The van der Waals surface area contributed by atoms with E-state index in [1.54, 1.807) is 6.07 Å². The summed E-state index contributed by atoms with van der Waals surface area (Å²) in [5, 5.41) is 7.34. The Bertz CT molecular complexity index is 475. The monoisotopic (exact) mass is 195 g/mol. The molecule has 2 heteroatoms. The molecule has 0 heterocycles. The van der Waals surface area contributed by atoms with Gasteiger partial charge in [0.2, 0.25) is 0 Å². The molecule has 2 aromatic carbocycles. The summed E-state index contributed by atoms with van der Waals surface area (Å²) >= 11 is 0. The van der Waals surface area contributed by atoms with Crippen LogP contribution in [0, 0.1) is 11.5 Å². The summed E-state index contributed by atoms with van der Waals surface area (Å²) < 4.78 is 0. The van der Waals surface area contributed by atoms with Crippen LogP contribution in [0.1, 0.15) is 5.56 Å². The number of rotatable bonds is 2. The quantitative estimate of drug-likeness (QED) is 0.561. The van der Waals surface area contributed by atoms with Gasteiger partial charge in [-0.15, -0.1) is 0 Å². The van der Waals surface area contributed by atoms with E-state index in [0.29, 0.717) is 5.56 Å². The van der Waals surface area contributed by atoms with Crippen LogP contribution in [0.25, 0.3) is 11.1 Å². The lowest BCUT2D eigenvalue weighted by Gasteiger charge is -2.03. The van der Waals surface area contributed by atoms with E-state index in [0.717, 1.165) is 11.1 Å². The molecule has 2 nitrogen and oxygen atoms in total. The molecule has 73 valence electrons. The molecule has 3 N–H and O–H groups in total. The number of hydrogen-bond donors (Lipinski definition) is 2. The van der Waals surface area contributed by atoms with Gasteiger partial charge in [0, 0.05) is 11.6 Å². The molecule has 0 amide bonds. The van der Waals surface area contributed by atoms with Crippen LogP contribution in [-0.2, 0) is 0 Å². The fraction of sp³-hybridized carbons (Fsp3) is 0. The molecule has 0 aromatic heterocycles. The lowest BCUT2D eigenvalue weighted by molar-refractivity contribution is 1.42. The Morgan fingerprint density at radius 1 is 1.00 bits per heavy atom. The molecule has 1 radical (unpaired) electrons. The van der Waals surface area contributed by atoms with E-state index in [4.69, 9.17) is 11.1 Å². The number of nitrogen functional groups attached to an aromatic ring is 1.